The molecule has 0 bridgehead atoms. The number of hydrogen-bond acceptors (Lipinski definition) is 6. The molecule has 0 unspecified atom stereocenters. The smallest absolute Gasteiger partial charge is 0.223 e. The zero-order valence-electron chi connectivity index (χ0n) is 16.0. The van der Waals surface area contributed by atoms with Crippen LogP contribution in [0.25, 0.3) is 33.1 Å². The number of methoxy groups -OCH3 is 1. The van der Waals surface area contributed by atoms with Crippen LogP contribution in [0.4, 0.5) is 5.82 Å². The first kappa shape index (κ1) is 17.4. The van der Waals surface area contributed by atoms with Gasteiger partial charge in [0.2, 0.25) is 11.8 Å². The van der Waals surface area contributed by atoms with Gasteiger partial charge >= 0.3 is 0 Å². The number of fused-ring (bicyclic) bond motifs is 3. The van der Waals surface area contributed by atoms with Gasteiger partial charge in [0.15, 0.2) is 5.82 Å². The van der Waals surface area contributed by atoms with Crippen molar-refractivity contribution in [1.29, 1.82) is 0 Å². The average Bonchev–Trinajstić information content (AvgIpc) is 3.35. The molecule has 0 atom stereocenters. The minimum Gasteiger partial charge on any atom is -0.481 e. The van der Waals surface area contributed by atoms with E-state index >= 15 is 0 Å². The number of imidazole rings is 1. The normalized spacial score (nSPS) is 14.2. The van der Waals surface area contributed by atoms with Gasteiger partial charge in [-0.05, 0) is 24.1 Å². The highest BCUT2D eigenvalue weighted by Crippen LogP contribution is 2.30. The second kappa shape index (κ2) is 6.73. The summed E-state index contributed by atoms with van der Waals surface area (Å²) in [6.45, 7) is 1.23. The average molecular weight is 388 g/mol. The van der Waals surface area contributed by atoms with Gasteiger partial charge < -0.3 is 20.4 Å². The zero-order chi connectivity index (χ0) is 20.0. The van der Waals surface area contributed by atoms with Gasteiger partial charge in [-0.15, -0.1) is 0 Å². The summed E-state index contributed by atoms with van der Waals surface area (Å²) >= 11 is 0. The number of amides is 1. The molecule has 4 aromatic rings. The summed E-state index contributed by atoms with van der Waals surface area (Å²) in [5, 5.41) is 0.936. The van der Waals surface area contributed by atoms with E-state index in [1.807, 2.05) is 35.2 Å². The van der Waals surface area contributed by atoms with Gasteiger partial charge in [-0.1, -0.05) is 12.1 Å². The summed E-state index contributed by atoms with van der Waals surface area (Å²) in [6, 6.07) is 9.79. The molecule has 8 heteroatoms. The Hall–Kier alpha value is -3.68. The van der Waals surface area contributed by atoms with E-state index in [0.29, 0.717) is 30.2 Å². The number of anilines is 1. The molecule has 0 radical (unpaired) electrons. The fourth-order valence-corrected chi connectivity index (χ4v) is 3.80. The van der Waals surface area contributed by atoms with Gasteiger partial charge in [0.25, 0.3) is 0 Å². The molecular formula is C21H20N6O2. The first-order valence-electron chi connectivity index (χ1n) is 9.48. The van der Waals surface area contributed by atoms with Crippen molar-refractivity contribution in [2.24, 2.45) is 0 Å². The number of aromatic amines is 1. The van der Waals surface area contributed by atoms with Gasteiger partial charge in [-0.25, -0.2) is 15.0 Å². The number of nitrogens with two attached hydrogens (primary N) is 1. The number of nitrogens with one attached hydrogen (secondary N) is 1. The van der Waals surface area contributed by atoms with E-state index < -0.39 is 0 Å². The Balaban J connectivity index is 1.56. The maximum Gasteiger partial charge on any atom is 0.223 e. The zero-order valence-corrected chi connectivity index (χ0v) is 16.0. The Morgan fingerprint density at radius 1 is 1.21 bits per heavy atom. The SMILES string of the molecule is COc1ccc(-c2ccc3c(c2)nc(N)c2nc(CN4CCCC4=O)[nH]c23)cn1. The van der Waals surface area contributed by atoms with E-state index in [1.54, 1.807) is 13.3 Å². The fourth-order valence-electron chi connectivity index (χ4n) is 3.80. The van der Waals surface area contributed by atoms with E-state index in [9.17, 15) is 4.79 Å². The van der Waals surface area contributed by atoms with Crippen molar-refractivity contribution in [3.05, 3.63) is 42.4 Å². The summed E-state index contributed by atoms with van der Waals surface area (Å²) in [5.41, 5.74) is 10.4. The molecule has 8 nitrogen and oxygen atoms in total. The van der Waals surface area contributed by atoms with Crippen molar-refractivity contribution in [3.63, 3.8) is 0 Å². The second-order valence-corrected chi connectivity index (χ2v) is 7.14. The summed E-state index contributed by atoms with van der Waals surface area (Å²) in [6.07, 6.45) is 3.27. The lowest BCUT2D eigenvalue weighted by molar-refractivity contribution is -0.128. The standard InChI is InChI=1S/C21H20N6O2/c1-29-17-7-5-13(10-23-17)12-4-6-14-15(9-12)24-21(22)20-19(14)25-16(26-20)11-27-8-2-3-18(27)28/h4-7,9-10H,2-3,8,11H2,1H3,(H2,22,24)(H,25,26). The van der Waals surface area contributed by atoms with Crippen molar-refractivity contribution in [2.45, 2.75) is 19.4 Å². The molecule has 1 aliphatic heterocycles. The maximum absolute atomic E-state index is 11.9. The van der Waals surface area contributed by atoms with Gasteiger partial charge in [0, 0.05) is 36.2 Å². The number of carbonyl (C=O) groups excluding carboxylic acids is 1. The van der Waals surface area contributed by atoms with Crippen LogP contribution in [0, 0.1) is 0 Å². The quantitative estimate of drug-likeness (QED) is 0.556. The van der Waals surface area contributed by atoms with E-state index in [-0.39, 0.29) is 5.91 Å². The second-order valence-electron chi connectivity index (χ2n) is 7.14. The molecule has 0 saturated carbocycles. The number of nitrogen functional groups attached to an aromatic ring is 1. The first-order valence-corrected chi connectivity index (χ1v) is 9.48. The number of rotatable bonds is 4. The van der Waals surface area contributed by atoms with Gasteiger partial charge in [0.1, 0.15) is 11.3 Å². The fraction of sp³-hybridized carbons (Fsp3) is 0.238. The third kappa shape index (κ3) is 3.02. The monoisotopic (exact) mass is 388 g/mol. The molecule has 3 N–H and O–H groups in total. The van der Waals surface area contributed by atoms with Crippen LogP contribution in [0.15, 0.2) is 36.5 Å². The Kier molecular flexibility index (Phi) is 4.04. The number of benzene rings is 1. The van der Waals surface area contributed by atoms with Crippen LogP contribution in [0.3, 0.4) is 0 Å². The molecule has 1 amide bonds. The Bertz CT molecular complexity index is 1230. The number of likely N-dealkylation sites (tertiary alicyclic amines) is 1. The largest absolute Gasteiger partial charge is 0.481 e. The number of carbonyl (C=O) groups is 1. The molecule has 3 aromatic heterocycles. The minimum absolute atomic E-state index is 0.166. The molecule has 29 heavy (non-hydrogen) atoms. The highest BCUT2D eigenvalue weighted by molar-refractivity contribution is 6.07. The maximum atomic E-state index is 11.9. The van der Waals surface area contributed by atoms with Crippen molar-refractivity contribution in [2.75, 3.05) is 19.4 Å². The lowest BCUT2D eigenvalue weighted by Crippen LogP contribution is -2.24. The van der Waals surface area contributed by atoms with Crippen LogP contribution in [0.5, 0.6) is 5.88 Å². The van der Waals surface area contributed by atoms with Crippen molar-refractivity contribution < 1.29 is 9.53 Å². The first-order chi connectivity index (χ1) is 14.1. The van der Waals surface area contributed by atoms with Crippen LogP contribution in [0.1, 0.15) is 18.7 Å². The molecule has 5 rings (SSSR count). The predicted octanol–water partition coefficient (Wildman–Crippen LogP) is 2.89. The third-order valence-corrected chi connectivity index (χ3v) is 5.29. The van der Waals surface area contributed by atoms with Crippen LogP contribution in [-0.4, -0.2) is 44.4 Å². The van der Waals surface area contributed by atoms with Crippen LogP contribution in [-0.2, 0) is 11.3 Å². The van der Waals surface area contributed by atoms with Crippen molar-refractivity contribution in [1.82, 2.24) is 24.8 Å². The Morgan fingerprint density at radius 2 is 2.07 bits per heavy atom. The number of hydrogen-bond donors (Lipinski definition) is 2. The summed E-state index contributed by atoms with van der Waals surface area (Å²) in [7, 11) is 1.59. The lowest BCUT2D eigenvalue weighted by atomic mass is 10.0. The summed E-state index contributed by atoms with van der Waals surface area (Å²) in [5.74, 6) is 1.83. The molecule has 1 aliphatic rings. The number of pyridine rings is 2. The number of nitrogens with zero attached hydrogens (tertiary/aromatic N) is 4. The highest BCUT2D eigenvalue weighted by atomic mass is 16.5. The number of H-pyrrole nitrogens is 1. The third-order valence-electron chi connectivity index (χ3n) is 5.29. The van der Waals surface area contributed by atoms with Gasteiger partial charge in [-0.3, -0.25) is 4.79 Å². The molecule has 0 spiro atoms. The molecule has 1 saturated heterocycles. The van der Waals surface area contributed by atoms with Crippen LogP contribution < -0.4 is 10.5 Å². The van der Waals surface area contributed by atoms with E-state index in [4.69, 9.17) is 10.5 Å². The number of aromatic nitrogens is 4. The van der Waals surface area contributed by atoms with Crippen molar-refractivity contribution >= 4 is 33.7 Å². The van der Waals surface area contributed by atoms with E-state index in [2.05, 4.69) is 19.9 Å². The van der Waals surface area contributed by atoms with Crippen LogP contribution >= 0.6 is 0 Å². The van der Waals surface area contributed by atoms with E-state index in [1.165, 1.54) is 0 Å². The Labute approximate surface area is 166 Å². The molecule has 1 fully saturated rings. The molecule has 1 aromatic carbocycles. The Morgan fingerprint density at radius 3 is 2.79 bits per heavy atom. The highest BCUT2D eigenvalue weighted by Gasteiger charge is 2.22. The lowest BCUT2D eigenvalue weighted by Gasteiger charge is -2.12. The summed E-state index contributed by atoms with van der Waals surface area (Å²) in [4.78, 5) is 30.5. The minimum atomic E-state index is 0.166. The van der Waals surface area contributed by atoms with Gasteiger partial charge in [0.05, 0.1) is 24.7 Å². The molecular weight excluding hydrogens is 368 g/mol. The van der Waals surface area contributed by atoms with Crippen LogP contribution in [0.2, 0.25) is 0 Å². The summed E-state index contributed by atoms with van der Waals surface area (Å²) < 4.78 is 5.12. The van der Waals surface area contributed by atoms with Gasteiger partial charge in [-0.2, -0.15) is 0 Å². The van der Waals surface area contributed by atoms with Crippen molar-refractivity contribution in [3.8, 4) is 17.0 Å². The van der Waals surface area contributed by atoms with E-state index in [0.717, 1.165) is 46.3 Å². The number of ether oxygens (including phenoxy) is 1. The topological polar surface area (TPSA) is 110 Å². The molecule has 146 valence electrons. The molecule has 4 heterocycles. The predicted molar refractivity (Wildman–Crippen MR) is 110 cm³/mol. The molecule has 0 aliphatic carbocycles.